The van der Waals surface area contributed by atoms with E-state index >= 15 is 0 Å². The predicted octanol–water partition coefficient (Wildman–Crippen LogP) is 1.85. The Bertz CT molecular complexity index is 357. The molecule has 0 bridgehead atoms. The van der Waals surface area contributed by atoms with Crippen LogP contribution in [0.5, 0.6) is 11.5 Å². The van der Waals surface area contributed by atoms with Crippen LogP contribution in [0.15, 0.2) is 16.6 Å². The fourth-order valence-corrected chi connectivity index (χ4v) is 2.00. The van der Waals surface area contributed by atoms with Crippen LogP contribution in [0.25, 0.3) is 0 Å². The molecule has 0 saturated carbocycles. The maximum atomic E-state index is 9.67. The van der Waals surface area contributed by atoms with E-state index < -0.39 is 6.10 Å². The summed E-state index contributed by atoms with van der Waals surface area (Å²) in [6, 6.07) is 3.52. The van der Waals surface area contributed by atoms with Crippen LogP contribution < -0.4 is 15.2 Å². The van der Waals surface area contributed by atoms with Gasteiger partial charge in [-0.15, -0.1) is 0 Å². The van der Waals surface area contributed by atoms with Crippen LogP contribution in [-0.2, 0) is 0 Å². The van der Waals surface area contributed by atoms with E-state index in [2.05, 4.69) is 15.9 Å². The molecular weight excluding hydrogens is 274 g/mol. The van der Waals surface area contributed by atoms with Crippen LogP contribution in [0, 0.1) is 0 Å². The van der Waals surface area contributed by atoms with E-state index in [4.69, 9.17) is 15.2 Å². The molecular formula is C11H16BrNO3. The number of halogens is 1. The highest BCUT2D eigenvalue weighted by Crippen LogP contribution is 2.37. The molecule has 0 spiro atoms. The summed E-state index contributed by atoms with van der Waals surface area (Å²) >= 11 is 3.37. The molecule has 0 saturated heterocycles. The molecule has 0 aliphatic rings. The average Bonchev–Trinajstić information content (AvgIpc) is 2.28. The molecule has 0 aromatic heterocycles. The van der Waals surface area contributed by atoms with E-state index in [1.807, 2.05) is 6.92 Å². The van der Waals surface area contributed by atoms with E-state index in [-0.39, 0.29) is 6.54 Å². The molecule has 16 heavy (non-hydrogen) atoms. The summed E-state index contributed by atoms with van der Waals surface area (Å²) in [4.78, 5) is 0. The molecule has 0 aliphatic heterocycles. The van der Waals surface area contributed by atoms with E-state index in [1.165, 1.54) is 0 Å². The largest absolute Gasteiger partial charge is 0.492 e. The molecule has 5 heteroatoms. The minimum absolute atomic E-state index is 0.171. The number of benzene rings is 1. The van der Waals surface area contributed by atoms with Gasteiger partial charge < -0.3 is 20.3 Å². The Morgan fingerprint density at radius 2 is 2.19 bits per heavy atom. The van der Waals surface area contributed by atoms with Gasteiger partial charge in [0.05, 0.1) is 24.3 Å². The van der Waals surface area contributed by atoms with Crippen molar-refractivity contribution in [3.63, 3.8) is 0 Å². The number of methoxy groups -OCH3 is 1. The maximum absolute atomic E-state index is 9.67. The minimum Gasteiger partial charge on any atom is -0.492 e. The summed E-state index contributed by atoms with van der Waals surface area (Å²) in [5.41, 5.74) is 6.12. The number of hydrogen-bond acceptors (Lipinski definition) is 4. The number of aliphatic hydroxyl groups is 1. The zero-order valence-corrected chi connectivity index (χ0v) is 11.0. The van der Waals surface area contributed by atoms with Crippen molar-refractivity contribution in [2.45, 2.75) is 13.0 Å². The van der Waals surface area contributed by atoms with Crippen LogP contribution in [-0.4, -0.2) is 25.4 Å². The number of rotatable bonds is 5. The average molecular weight is 290 g/mol. The molecule has 4 nitrogen and oxygen atoms in total. The Morgan fingerprint density at radius 3 is 2.69 bits per heavy atom. The second-order valence-corrected chi connectivity index (χ2v) is 4.07. The van der Waals surface area contributed by atoms with Gasteiger partial charge in [-0.3, -0.25) is 0 Å². The molecule has 0 amide bonds. The van der Waals surface area contributed by atoms with Gasteiger partial charge in [-0.05, 0) is 40.5 Å². The lowest BCUT2D eigenvalue weighted by Gasteiger charge is -2.15. The standard InChI is InChI=1S/C11H16BrNO3/c1-3-16-10-5-7(9(14)6-13)4-8(12)11(10)15-2/h4-5,9,14H,3,6,13H2,1-2H3. The first-order valence-corrected chi connectivity index (χ1v) is 5.81. The third-order valence-electron chi connectivity index (χ3n) is 2.14. The van der Waals surface area contributed by atoms with Gasteiger partial charge in [-0.2, -0.15) is 0 Å². The summed E-state index contributed by atoms with van der Waals surface area (Å²) in [5, 5.41) is 9.67. The lowest BCUT2D eigenvalue weighted by molar-refractivity contribution is 0.185. The quantitative estimate of drug-likeness (QED) is 0.868. The minimum atomic E-state index is -0.693. The van der Waals surface area contributed by atoms with Gasteiger partial charge in [-0.1, -0.05) is 0 Å². The molecule has 1 rings (SSSR count). The first-order valence-electron chi connectivity index (χ1n) is 5.02. The Labute approximate surface area is 103 Å². The smallest absolute Gasteiger partial charge is 0.174 e. The number of nitrogens with two attached hydrogens (primary N) is 1. The number of aliphatic hydroxyl groups excluding tert-OH is 1. The van der Waals surface area contributed by atoms with Crippen LogP contribution in [0.2, 0.25) is 0 Å². The SMILES string of the molecule is CCOc1cc(C(O)CN)cc(Br)c1OC. The van der Waals surface area contributed by atoms with Crippen molar-refractivity contribution in [1.82, 2.24) is 0 Å². The first kappa shape index (κ1) is 13.3. The van der Waals surface area contributed by atoms with Crippen molar-refractivity contribution < 1.29 is 14.6 Å². The molecule has 1 aromatic rings. The van der Waals surface area contributed by atoms with Crippen molar-refractivity contribution in [3.8, 4) is 11.5 Å². The van der Waals surface area contributed by atoms with Crippen LogP contribution in [0.4, 0.5) is 0 Å². The topological polar surface area (TPSA) is 64.7 Å². The van der Waals surface area contributed by atoms with Crippen molar-refractivity contribution in [1.29, 1.82) is 0 Å². The molecule has 1 aromatic carbocycles. The zero-order chi connectivity index (χ0) is 12.1. The fourth-order valence-electron chi connectivity index (χ4n) is 1.38. The predicted molar refractivity (Wildman–Crippen MR) is 65.9 cm³/mol. The molecule has 1 atom stereocenters. The summed E-state index contributed by atoms with van der Waals surface area (Å²) in [6.07, 6.45) is -0.693. The molecule has 1 unspecified atom stereocenters. The second-order valence-electron chi connectivity index (χ2n) is 3.22. The summed E-state index contributed by atoms with van der Waals surface area (Å²) < 4.78 is 11.4. The normalized spacial score (nSPS) is 12.3. The van der Waals surface area contributed by atoms with Gasteiger partial charge in [0.1, 0.15) is 0 Å². The van der Waals surface area contributed by atoms with E-state index in [0.717, 1.165) is 4.47 Å². The summed E-state index contributed by atoms with van der Waals surface area (Å²) in [7, 11) is 1.57. The van der Waals surface area contributed by atoms with Gasteiger partial charge in [-0.25, -0.2) is 0 Å². The molecule has 0 fully saturated rings. The highest BCUT2D eigenvalue weighted by Gasteiger charge is 2.14. The monoisotopic (exact) mass is 289 g/mol. The van der Waals surface area contributed by atoms with Crippen molar-refractivity contribution in [3.05, 3.63) is 22.2 Å². The van der Waals surface area contributed by atoms with E-state index in [0.29, 0.717) is 23.7 Å². The lowest BCUT2D eigenvalue weighted by atomic mass is 10.1. The fraction of sp³-hybridized carbons (Fsp3) is 0.455. The van der Waals surface area contributed by atoms with Crippen molar-refractivity contribution >= 4 is 15.9 Å². The van der Waals surface area contributed by atoms with E-state index in [1.54, 1.807) is 19.2 Å². The van der Waals surface area contributed by atoms with Gasteiger partial charge in [0, 0.05) is 6.54 Å². The third kappa shape index (κ3) is 2.87. The lowest BCUT2D eigenvalue weighted by Crippen LogP contribution is -2.12. The Morgan fingerprint density at radius 1 is 1.50 bits per heavy atom. The number of hydrogen-bond donors (Lipinski definition) is 2. The van der Waals surface area contributed by atoms with Crippen molar-refractivity contribution in [2.24, 2.45) is 5.73 Å². The zero-order valence-electron chi connectivity index (χ0n) is 9.37. The summed E-state index contributed by atoms with van der Waals surface area (Å²) in [6.45, 7) is 2.59. The second kappa shape index (κ2) is 6.08. The van der Waals surface area contributed by atoms with E-state index in [9.17, 15) is 5.11 Å². The third-order valence-corrected chi connectivity index (χ3v) is 2.73. The highest BCUT2D eigenvalue weighted by molar-refractivity contribution is 9.10. The maximum Gasteiger partial charge on any atom is 0.174 e. The van der Waals surface area contributed by atoms with Gasteiger partial charge in [0.2, 0.25) is 0 Å². The van der Waals surface area contributed by atoms with Gasteiger partial charge in [0.25, 0.3) is 0 Å². The molecule has 3 N–H and O–H groups in total. The van der Waals surface area contributed by atoms with Crippen LogP contribution >= 0.6 is 15.9 Å². The number of ether oxygens (including phenoxy) is 2. The van der Waals surface area contributed by atoms with Crippen LogP contribution in [0.1, 0.15) is 18.6 Å². The van der Waals surface area contributed by atoms with Crippen molar-refractivity contribution in [2.75, 3.05) is 20.3 Å². The Hall–Kier alpha value is -0.780. The summed E-state index contributed by atoms with van der Waals surface area (Å²) in [5.74, 6) is 1.22. The van der Waals surface area contributed by atoms with Gasteiger partial charge in [0.15, 0.2) is 11.5 Å². The molecule has 0 heterocycles. The van der Waals surface area contributed by atoms with Gasteiger partial charge >= 0.3 is 0 Å². The Kier molecular flexibility index (Phi) is 5.05. The first-order chi connectivity index (χ1) is 7.63. The Balaban J connectivity index is 3.16. The highest BCUT2D eigenvalue weighted by atomic mass is 79.9. The molecule has 0 radical (unpaired) electrons. The van der Waals surface area contributed by atoms with Crippen LogP contribution in [0.3, 0.4) is 0 Å². The molecule has 90 valence electrons. The molecule has 0 aliphatic carbocycles.